The van der Waals surface area contributed by atoms with Gasteiger partial charge in [0, 0.05) is 14.9 Å². The third-order valence-corrected chi connectivity index (χ3v) is 4.12. The molecule has 0 aliphatic heterocycles. The van der Waals surface area contributed by atoms with E-state index in [-0.39, 0.29) is 11.5 Å². The molecule has 6 heteroatoms. The number of aromatic nitrogens is 1. The van der Waals surface area contributed by atoms with Crippen molar-refractivity contribution in [2.75, 3.05) is 6.61 Å². The Hall–Kier alpha value is -1.27. The summed E-state index contributed by atoms with van der Waals surface area (Å²) >= 11 is 4.69. The number of esters is 1. The number of carbonyl (C=O) groups excluding carboxylic acids is 1. The lowest BCUT2D eigenvalue weighted by Crippen LogP contribution is -2.06. The number of benzene rings is 1. The lowest BCUT2D eigenvalue weighted by atomic mass is 10.2. The van der Waals surface area contributed by atoms with Crippen LogP contribution in [0.2, 0.25) is 0 Å². The molecule has 0 fully saturated rings. The minimum atomic E-state index is -0.449. The number of hydrogen-bond donors (Lipinski definition) is 0. The molecule has 2 rings (SSSR count). The molecule has 1 aromatic heterocycles. The van der Waals surface area contributed by atoms with Gasteiger partial charge in [-0.25, -0.2) is 14.2 Å². The molecule has 1 aromatic carbocycles. The van der Waals surface area contributed by atoms with Crippen LogP contribution in [0.1, 0.15) is 22.3 Å². The van der Waals surface area contributed by atoms with Gasteiger partial charge in [-0.15, -0.1) is 11.3 Å². The highest BCUT2D eigenvalue weighted by Gasteiger charge is 2.18. The van der Waals surface area contributed by atoms with Gasteiger partial charge < -0.3 is 4.74 Å². The van der Waals surface area contributed by atoms with E-state index in [1.54, 1.807) is 19.9 Å². The van der Waals surface area contributed by atoms with Crippen LogP contribution in [-0.4, -0.2) is 17.6 Å². The van der Waals surface area contributed by atoms with Crippen molar-refractivity contribution in [1.82, 2.24) is 4.98 Å². The minimum Gasteiger partial charge on any atom is -0.461 e. The van der Waals surface area contributed by atoms with Crippen LogP contribution < -0.4 is 0 Å². The molecular weight excluding hydrogens is 333 g/mol. The van der Waals surface area contributed by atoms with Crippen molar-refractivity contribution in [3.8, 4) is 10.6 Å². The summed E-state index contributed by atoms with van der Waals surface area (Å²) in [6, 6.07) is 4.36. The van der Waals surface area contributed by atoms with Crippen LogP contribution in [0.4, 0.5) is 4.39 Å². The van der Waals surface area contributed by atoms with Crippen LogP contribution in [0, 0.1) is 12.7 Å². The number of nitrogens with zero attached hydrogens (tertiary/aromatic N) is 1. The van der Waals surface area contributed by atoms with Gasteiger partial charge in [0.1, 0.15) is 10.8 Å². The lowest BCUT2D eigenvalue weighted by molar-refractivity contribution is 0.0519. The summed E-state index contributed by atoms with van der Waals surface area (Å²) in [5.41, 5.74) is 0.918. The number of ether oxygens (including phenoxy) is 1. The van der Waals surface area contributed by atoms with Gasteiger partial charge in [-0.05, 0) is 32.0 Å². The lowest BCUT2D eigenvalue weighted by Gasteiger charge is -2.00. The number of thiazole rings is 1. The third-order valence-electron chi connectivity index (χ3n) is 2.42. The Morgan fingerprint density at radius 3 is 2.95 bits per heavy atom. The maximum Gasteiger partial charge on any atom is 0.358 e. The van der Waals surface area contributed by atoms with Gasteiger partial charge in [0.25, 0.3) is 0 Å². The molecule has 1 heterocycles. The maximum absolute atomic E-state index is 13.3. The largest absolute Gasteiger partial charge is 0.461 e. The highest BCUT2D eigenvalue weighted by molar-refractivity contribution is 9.10. The highest BCUT2D eigenvalue weighted by Crippen LogP contribution is 2.33. The SMILES string of the molecule is CCOC(=O)c1nc(-c2cc(F)ccc2Br)sc1C. The minimum absolute atomic E-state index is 0.290. The van der Waals surface area contributed by atoms with Crippen molar-refractivity contribution in [1.29, 1.82) is 0 Å². The second-order valence-corrected chi connectivity index (χ2v) is 5.83. The molecule has 0 aliphatic rings. The molecule has 2 aromatic rings. The molecule has 3 nitrogen and oxygen atoms in total. The van der Waals surface area contributed by atoms with E-state index in [1.165, 1.54) is 23.5 Å². The van der Waals surface area contributed by atoms with Gasteiger partial charge in [-0.2, -0.15) is 0 Å². The summed E-state index contributed by atoms with van der Waals surface area (Å²) < 4.78 is 18.9. The first-order valence-corrected chi connectivity index (χ1v) is 7.23. The molecule has 0 N–H and O–H groups in total. The van der Waals surface area contributed by atoms with Crippen molar-refractivity contribution < 1.29 is 13.9 Å². The van der Waals surface area contributed by atoms with Crippen molar-refractivity contribution in [3.63, 3.8) is 0 Å². The van der Waals surface area contributed by atoms with Crippen molar-refractivity contribution in [2.45, 2.75) is 13.8 Å². The normalized spacial score (nSPS) is 10.5. The second-order valence-electron chi connectivity index (χ2n) is 3.77. The van der Waals surface area contributed by atoms with Crippen LogP contribution in [-0.2, 0) is 4.74 Å². The van der Waals surface area contributed by atoms with Crippen LogP contribution in [0.15, 0.2) is 22.7 Å². The van der Waals surface area contributed by atoms with Gasteiger partial charge in [0.2, 0.25) is 0 Å². The van der Waals surface area contributed by atoms with E-state index in [0.717, 1.165) is 9.35 Å². The fourth-order valence-corrected chi connectivity index (χ4v) is 3.06. The van der Waals surface area contributed by atoms with Gasteiger partial charge in [-0.1, -0.05) is 15.9 Å². The van der Waals surface area contributed by atoms with Crippen LogP contribution in [0.3, 0.4) is 0 Å². The molecule has 0 radical (unpaired) electrons. The van der Waals surface area contributed by atoms with Gasteiger partial charge in [0.05, 0.1) is 6.61 Å². The Kier molecular flexibility index (Phi) is 4.31. The predicted molar refractivity (Wildman–Crippen MR) is 75.9 cm³/mol. The number of aryl methyl sites for hydroxylation is 1. The first-order valence-electron chi connectivity index (χ1n) is 5.63. The molecule has 0 bridgehead atoms. The monoisotopic (exact) mass is 343 g/mol. The van der Waals surface area contributed by atoms with Crippen molar-refractivity contribution >= 4 is 33.2 Å². The maximum atomic E-state index is 13.3. The summed E-state index contributed by atoms with van der Waals surface area (Å²) in [4.78, 5) is 16.7. The zero-order chi connectivity index (χ0) is 14.0. The van der Waals surface area contributed by atoms with E-state index >= 15 is 0 Å². The quantitative estimate of drug-likeness (QED) is 0.784. The molecule has 0 amide bonds. The summed E-state index contributed by atoms with van der Waals surface area (Å²) in [5.74, 6) is -0.793. The highest BCUT2D eigenvalue weighted by atomic mass is 79.9. The van der Waals surface area contributed by atoms with Crippen molar-refractivity contribution in [2.24, 2.45) is 0 Å². The topological polar surface area (TPSA) is 39.2 Å². The number of carbonyl (C=O) groups is 1. The zero-order valence-corrected chi connectivity index (χ0v) is 12.8. The molecule has 0 atom stereocenters. The third kappa shape index (κ3) is 3.01. The van der Waals surface area contributed by atoms with E-state index in [9.17, 15) is 9.18 Å². The number of rotatable bonds is 3. The van der Waals surface area contributed by atoms with Crippen LogP contribution >= 0.6 is 27.3 Å². The molecule has 0 saturated carbocycles. The summed E-state index contributed by atoms with van der Waals surface area (Å²) in [6.45, 7) is 3.83. The average molecular weight is 344 g/mol. The van der Waals surface area contributed by atoms with E-state index in [1.807, 2.05) is 0 Å². The summed E-state index contributed by atoms with van der Waals surface area (Å²) in [5, 5.41) is 0.590. The molecule has 0 aliphatic carbocycles. The Bertz CT molecular complexity index is 627. The Morgan fingerprint density at radius 1 is 1.53 bits per heavy atom. The predicted octanol–water partition coefficient (Wildman–Crippen LogP) is 4.20. The number of hydrogen-bond acceptors (Lipinski definition) is 4. The van der Waals surface area contributed by atoms with Gasteiger partial charge in [0.15, 0.2) is 5.69 Å². The Balaban J connectivity index is 2.44. The second kappa shape index (κ2) is 5.79. The van der Waals surface area contributed by atoms with Crippen molar-refractivity contribution in [3.05, 3.63) is 39.1 Å². The summed E-state index contributed by atoms with van der Waals surface area (Å²) in [7, 11) is 0. The zero-order valence-electron chi connectivity index (χ0n) is 10.4. The fraction of sp³-hybridized carbons (Fsp3) is 0.231. The average Bonchev–Trinajstić information content (AvgIpc) is 2.74. The van der Waals surface area contributed by atoms with E-state index in [0.29, 0.717) is 17.2 Å². The van der Waals surface area contributed by atoms with Crippen LogP contribution in [0.25, 0.3) is 10.6 Å². The van der Waals surface area contributed by atoms with E-state index in [2.05, 4.69) is 20.9 Å². The first kappa shape index (κ1) is 14.1. The van der Waals surface area contributed by atoms with E-state index in [4.69, 9.17) is 4.74 Å². The Labute approximate surface area is 122 Å². The molecular formula is C13H11BrFNO2S. The molecule has 0 unspecified atom stereocenters. The van der Waals surface area contributed by atoms with Gasteiger partial charge in [-0.3, -0.25) is 0 Å². The molecule has 0 spiro atoms. The molecule has 19 heavy (non-hydrogen) atoms. The standard InChI is InChI=1S/C13H11BrFNO2S/c1-3-18-13(17)11-7(2)19-12(16-11)9-6-8(15)4-5-10(9)14/h4-6H,3H2,1-2H3. The smallest absolute Gasteiger partial charge is 0.358 e. The number of halogens is 2. The molecule has 100 valence electrons. The summed E-state index contributed by atoms with van der Waals surface area (Å²) in [6.07, 6.45) is 0. The first-order chi connectivity index (χ1) is 9.02. The Morgan fingerprint density at radius 2 is 2.26 bits per heavy atom. The fourth-order valence-electron chi connectivity index (χ4n) is 1.56. The van der Waals surface area contributed by atoms with E-state index < -0.39 is 5.97 Å². The van der Waals surface area contributed by atoms with Crippen LogP contribution in [0.5, 0.6) is 0 Å². The molecule has 0 saturated heterocycles. The van der Waals surface area contributed by atoms with Gasteiger partial charge >= 0.3 is 5.97 Å².